The molecule has 0 saturated heterocycles. The molecule has 1 saturated carbocycles. The van der Waals surface area contributed by atoms with E-state index in [4.69, 9.17) is 4.42 Å². The highest BCUT2D eigenvalue weighted by Crippen LogP contribution is 2.36. The number of hydrogen-bond donors (Lipinski definition) is 2. The number of hydrogen-bond acceptors (Lipinski definition) is 4. The Balaban J connectivity index is 1.61. The van der Waals surface area contributed by atoms with Crippen molar-refractivity contribution in [2.45, 2.75) is 42.8 Å². The molecule has 6 heteroatoms. The van der Waals surface area contributed by atoms with Gasteiger partial charge < -0.3 is 14.8 Å². The summed E-state index contributed by atoms with van der Waals surface area (Å²) in [5.41, 5.74) is -0.0382. The Labute approximate surface area is 157 Å². The van der Waals surface area contributed by atoms with Crippen LogP contribution in [0.1, 0.15) is 48.2 Å². The maximum absolute atomic E-state index is 12.5. The summed E-state index contributed by atoms with van der Waals surface area (Å²) < 4.78 is 5.38. The topological polar surface area (TPSA) is 79.5 Å². The van der Waals surface area contributed by atoms with Gasteiger partial charge in [-0.2, -0.15) is 0 Å². The number of thioether (sulfide) groups is 1. The second-order valence-corrected chi connectivity index (χ2v) is 7.75. The van der Waals surface area contributed by atoms with E-state index in [-0.39, 0.29) is 18.2 Å². The number of carbonyl (C=O) groups is 2. The van der Waals surface area contributed by atoms with E-state index in [1.165, 1.54) is 6.26 Å². The summed E-state index contributed by atoms with van der Waals surface area (Å²) in [4.78, 5) is 25.4. The number of carboxylic acid groups (broad SMARTS) is 1. The van der Waals surface area contributed by atoms with Gasteiger partial charge in [0.25, 0.3) is 5.91 Å². The van der Waals surface area contributed by atoms with Crippen LogP contribution in [0.3, 0.4) is 0 Å². The number of carboxylic acids is 1. The number of nitrogens with one attached hydrogen (secondary N) is 1. The van der Waals surface area contributed by atoms with Crippen LogP contribution in [0.15, 0.2) is 52.0 Å². The van der Waals surface area contributed by atoms with Crippen molar-refractivity contribution < 1.29 is 19.1 Å². The maximum atomic E-state index is 12.5. The molecule has 0 spiro atoms. The fourth-order valence-electron chi connectivity index (χ4n) is 3.35. The molecule has 138 valence electrons. The normalized spacial score (nSPS) is 16.2. The van der Waals surface area contributed by atoms with Crippen LogP contribution >= 0.6 is 11.8 Å². The monoisotopic (exact) mass is 373 g/mol. The van der Waals surface area contributed by atoms with Gasteiger partial charge >= 0.3 is 5.97 Å². The Morgan fingerprint density at radius 1 is 1.12 bits per heavy atom. The lowest BCUT2D eigenvalue weighted by molar-refractivity contribution is -0.150. The summed E-state index contributed by atoms with van der Waals surface area (Å²) in [7, 11) is 0. The molecule has 3 rings (SSSR count). The zero-order valence-electron chi connectivity index (χ0n) is 14.6. The Hall–Kier alpha value is -2.21. The van der Waals surface area contributed by atoms with Gasteiger partial charge in [0, 0.05) is 22.8 Å². The van der Waals surface area contributed by atoms with E-state index in [2.05, 4.69) is 5.32 Å². The zero-order valence-corrected chi connectivity index (χ0v) is 15.4. The molecule has 1 aromatic heterocycles. The summed E-state index contributed by atoms with van der Waals surface area (Å²) in [6, 6.07) is 11.7. The lowest BCUT2D eigenvalue weighted by Crippen LogP contribution is -2.44. The third-order valence-corrected chi connectivity index (χ3v) is 6.00. The van der Waals surface area contributed by atoms with Crippen molar-refractivity contribution in [2.75, 3.05) is 6.54 Å². The highest BCUT2D eigenvalue weighted by atomic mass is 32.2. The lowest BCUT2D eigenvalue weighted by atomic mass is 9.74. The van der Waals surface area contributed by atoms with Gasteiger partial charge in [0.1, 0.15) is 0 Å². The summed E-state index contributed by atoms with van der Waals surface area (Å²) in [5.74, 6) is -0.278. The Bertz CT molecular complexity index is 750. The van der Waals surface area contributed by atoms with Crippen molar-refractivity contribution in [3.05, 3.63) is 54.0 Å². The van der Waals surface area contributed by atoms with E-state index in [9.17, 15) is 14.7 Å². The molecular weight excluding hydrogens is 350 g/mol. The molecule has 2 N–H and O–H groups in total. The highest BCUT2D eigenvalue weighted by Gasteiger charge is 2.40. The molecule has 5 nitrogen and oxygen atoms in total. The molecule has 1 aromatic carbocycles. The van der Waals surface area contributed by atoms with Crippen molar-refractivity contribution in [3.63, 3.8) is 0 Å². The van der Waals surface area contributed by atoms with Gasteiger partial charge in [-0.25, -0.2) is 0 Å². The molecule has 0 bridgehead atoms. The van der Waals surface area contributed by atoms with E-state index >= 15 is 0 Å². The first-order chi connectivity index (χ1) is 12.6. The third kappa shape index (κ3) is 4.30. The van der Waals surface area contributed by atoms with Crippen LogP contribution in [0.4, 0.5) is 0 Å². The highest BCUT2D eigenvalue weighted by molar-refractivity contribution is 7.98. The smallest absolute Gasteiger partial charge is 0.311 e. The number of furan rings is 1. The van der Waals surface area contributed by atoms with Gasteiger partial charge in [0.15, 0.2) is 5.76 Å². The average molecular weight is 373 g/mol. The molecule has 0 aliphatic heterocycles. The average Bonchev–Trinajstić information content (AvgIpc) is 3.14. The fraction of sp³-hybridized carbons (Fsp3) is 0.400. The molecular formula is C20H23NO4S. The third-order valence-electron chi connectivity index (χ3n) is 4.94. The minimum Gasteiger partial charge on any atom is -0.481 e. The molecule has 0 radical (unpaired) electrons. The summed E-state index contributed by atoms with van der Waals surface area (Å²) in [5, 5.41) is 12.4. The first-order valence-corrected chi connectivity index (χ1v) is 9.85. The second kappa shape index (κ2) is 8.45. The first-order valence-electron chi connectivity index (χ1n) is 8.86. The van der Waals surface area contributed by atoms with Gasteiger partial charge in [0.05, 0.1) is 11.7 Å². The van der Waals surface area contributed by atoms with Gasteiger partial charge in [-0.1, -0.05) is 37.5 Å². The summed E-state index contributed by atoms with van der Waals surface area (Å²) in [6.07, 6.45) is 5.56. The number of rotatable bonds is 7. The lowest BCUT2D eigenvalue weighted by Gasteiger charge is -2.33. The van der Waals surface area contributed by atoms with Crippen LogP contribution in [0.25, 0.3) is 0 Å². The zero-order chi connectivity index (χ0) is 18.4. The molecule has 1 heterocycles. The quantitative estimate of drug-likeness (QED) is 0.706. The second-order valence-electron chi connectivity index (χ2n) is 6.71. The number of amides is 1. The molecule has 1 aliphatic carbocycles. The van der Waals surface area contributed by atoms with Gasteiger partial charge in [-0.3, -0.25) is 9.59 Å². The van der Waals surface area contributed by atoms with E-state index < -0.39 is 11.4 Å². The predicted octanol–water partition coefficient (Wildman–Crippen LogP) is 4.34. The SMILES string of the molecule is O=C(NCC1(C(=O)O)CCCCC1)c1occc1CSc1ccccc1. The fourth-order valence-corrected chi connectivity index (χ4v) is 4.25. The van der Waals surface area contributed by atoms with Gasteiger partial charge in [-0.05, 0) is 31.0 Å². The van der Waals surface area contributed by atoms with Crippen molar-refractivity contribution in [2.24, 2.45) is 5.41 Å². The molecule has 1 aliphatic rings. The molecule has 1 amide bonds. The summed E-state index contributed by atoms with van der Waals surface area (Å²) >= 11 is 1.63. The van der Waals surface area contributed by atoms with Crippen LogP contribution in [0.2, 0.25) is 0 Å². The number of carbonyl (C=O) groups excluding carboxylic acids is 1. The largest absolute Gasteiger partial charge is 0.481 e. The summed E-state index contributed by atoms with van der Waals surface area (Å²) in [6.45, 7) is 0.146. The number of aliphatic carboxylic acids is 1. The maximum Gasteiger partial charge on any atom is 0.311 e. The molecule has 1 fully saturated rings. The van der Waals surface area contributed by atoms with E-state index in [0.717, 1.165) is 29.7 Å². The van der Waals surface area contributed by atoms with Crippen LogP contribution in [0.5, 0.6) is 0 Å². The Morgan fingerprint density at radius 3 is 2.54 bits per heavy atom. The van der Waals surface area contributed by atoms with Crippen molar-refractivity contribution >= 4 is 23.6 Å². The first kappa shape index (κ1) is 18.6. The van der Waals surface area contributed by atoms with Crippen molar-refractivity contribution in [1.82, 2.24) is 5.32 Å². The van der Waals surface area contributed by atoms with Crippen LogP contribution in [-0.2, 0) is 10.5 Å². The van der Waals surface area contributed by atoms with Crippen molar-refractivity contribution in [1.29, 1.82) is 0 Å². The van der Waals surface area contributed by atoms with Crippen LogP contribution in [-0.4, -0.2) is 23.5 Å². The minimum atomic E-state index is -0.848. The van der Waals surface area contributed by atoms with Crippen LogP contribution < -0.4 is 5.32 Å². The molecule has 0 unspecified atom stereocenters. The van der Waals surface area contributed by atoms with Crippen molar-refractivity contribution in [3.8, 4) is 0 Å². The van der Waals surface area contributed by atoms with Gasteiger partial charge in [0.2, 0.25) is 0 Å². The predicted molar refractivity (Wildman–Crippen MR) is 100 cm³/mol. The molecule has 0 atom stereocenters. The van der Waals surface area contributed by atoms with Crippen LogP contribution in [0, 0.1) is 5.41 Å². The Kier molecular flexibility index (Phi) is 6.04. The molecule has 2 aromatic rings. The van der Waals surface area contributed by atoms with E-state index in [0.29, 0.717) is 18.6 Å². The number of benzene rings is 1. The minimum absolute atomic E-state index is 0.146. The molecule has 26 heavy (non-hydrogen) atoms. The standard InChI is InChI=1S/C20H23NO4S/c22-18(21-14-20(19(23)24)10-5-2-6-11-20)17-15(9-12-25-17)13-26-16-7-3-1-4-8-16/h1,3-4,7-9,12H,2,5-6,10-11,13-14H2,(H,21,22)(H,23,24). The van der Waals surface area contributed by atoms with Gasteiger partial charge in [-0.15, -0.1) is 11.8 Å². The van der Waals surface area contributed by atoms with E-state index in [1.807, 2.05) is 30.3 Å². The van der Waals surface area contributed by atoms with E-state index in [1.54, 1.807) is 17.8 Å². The Morgan fingerprint density at radius 2 is 1.85 bits per heavy atom.